The number of hydrogen-bond acceptors (Lipinski definition) is 5. The topological polar surface area (TPSA) is 80.3 Å². The average molecular weight is 398 g/mol. The minimum atomic E-state index is -3.68. The Labute approximate surface area is 165 Å². The summed E-state index contributed by atoms with van der Waals surface area (Å²) in [6, 6.07) is 17.7. The second kappa shape index (κ2) is 8.31. The standard InChI is InChI=1S/C21H23N3O3S/c1-15(2)27-20-10-5-4-9-19(20)23-17-11-12-21(22-14-17)24-28(25,26)18-8-6-7-16(3)13-18/h4-15,23H,1-3H3,(H,22,24). The number of aryl methyl sites for hydroxylation is 1. The molecule has 0 unspecified atom stereocenters. The highest BCUT2D eigenvalue weighted by Gasteiger charge is 2.15. The molecule has 28 heavy (non-hydrogen) atoms. The van der Waals surface area contributed by atoms with Crippen LogP contribution >= 0.6 is 0 Å². The molecule has 0 radical (unpaired) electrons. The Balaban J connectivity index is 1.74. The van der Waals surface area contributed by atoms with Gasteiger partial charge in [0.25, 0.3) is 10.0 Å². The van der Waals surface area contributed by atoms with Crippen molar-refractivity contribution in [1.82, 2.24) is 4.98 Å². The number of hydrogen-bond donors (Lipinski definition) is 2. The summed E-state index contributed by atoms with van der Waals surface area (Å²) in [6.07, 6.45) is 1.62. The number of nitrogens with zero attached hydrogens (tertiary/aromatic N) is 1. The van der Waals surface area contributed by atoms with Crippen LogP contribution in [0.1, 0.15) is 19.4 Å². The fourth-order valence-electron chi connectivity index (χ4n) is 2.59. The maximum atomic E-state index is 12.5. The van der Waals surface area contributed by atoms with Crippen LogP contribution in [-0.2, 0) is 10.0 Å². The molecule has 1 aromatic heterocycles. The van der Waals surface area contributed by atoms with Crippen LogP contribution in [-0.4, -0.2) is 19.5 Å². The molecule has 2 N–H and O–H groups in total. The van der Waals surface area contributed by atoms with Gasteiger partial charge < -0.3 is 10.1 Å². The third kappa shape index (κ3) is 5.01. The molecule has 0 bridgehead atoms. The first-order valence-corrected chi connectivity index (χ1v) is 10.4. The van der Waals surface area contributed by atoms with Crippen LogP contribution in [0.25, 0.3) is 0 Å². The highest BCUT2D eigenvalue weighted by molar-refractivity contribution is 7.92. The summed E-state index contributed by atoms with van der Waals surface area (Å²) in [5.41, 5.74) is 2.40. The summed E-state index contributed by atoms with van der Waals surface area (Å²) < 4.78 is 33.3. The van der Waals surface area contributed by atoms with E-state index in [2.05, 4.69) is 15.0 Å². The van der Waals surface area contributed by atoms with Crippen molar-refractivity contribution in [3.8, 4) is 5.75 Å². The van der Waals surface area contributed by atoms with Crippen molar-refractivity contribution in [2.75, 3.05) is 10.0 Å². The average Bonchev–Trinajstić information content (AvgIpc) is 2.64. The van der Waals surface area contributed by atoms with Gasteiger partial charge in [-0.15, -0.1) is 0 Å². The molecular weight excluding hydrogens is 374 g/mol. The third-order valence-electron chi connectivity index (χ3n) is 3.83. The number of para-hydroxylation sites is 2. The summed E-state index contributed by atoms with van der Waals surface area (Å²) in [5.74, 6) is 0.987. The lowest BCUT2D eigenvalue weighted by Crippen LogP contribution is -2.14. The normalized spacial score (nSPS) is 11.3. The van der Waals surface area contributed by atoms with Crippen LogP contribution < -0.4 is 14.8 Å². The van der Waals surface area contributed by atoms with E-state index < -0.39 is 10.0 Å². The van der Waals surface area contributed by atoms with Gasteiger partial charge in [0.05, 0.1) is 28.6 Å². The first-order chi connectivity index (χ1) is 13.3. The Morgan fingerprint density at radius 3 is 2.46 bits per heavy atom. The first kappa shape index (κ1) is 19.7. The van der Waals surface area contributed by atoms with E-state index >= 15 is 0 Å². The van der Waals surface area contributed by atoms with Gasteiger partial charge in [0, 0.05) is 0 Å². The molecule has 0 aliphatic heterocycles. The quantitative estimate of drug-likeness (QED) is 0.603. The maximum Gasteiger partial charge on any atom is 0.263 e. The number of sulfonamides is 1. The second-order valence-electron chi connectivity index (χ2n) is 6.64. The predicted octanol–water partition coefficient (Wildman–Crippen LogP) is 4.72. The van der Waals surface area contributed by atoms with Crippen molar-refractivity contribution in [3.63, 3.8) is 0 Å². The Hall–Kier alpha value is -3.06. The van der Waals surface area contributed by atoms with Crippen molar-refractivity contribution in [2.24, 2.45) is 0 Å². The van der Waals surface area contributed by atoms with E-state index in [9.17, 15) is 8.42 Å². The molecule has 0 saturated heterocycles. The first-order valence-electron chi connectivity index (χ1n) is 8.92. The monoisotopic (exact) mass is 397 g/mol. The lowest BCUT2D eigenvalue weighted by molar-refractivity contribution is 0.244. The molecule has 0 aliphatic rings. The van der Waals surface area contributed by atoms with E-state index in [4.69, 9.17) is 4.74 Å². The number of benzene rings is 2. The van der Waals surface area contributed by atoms with E-state index in [1.54, 1.807) is 36.5 Å². The molecule has 0 aliphatic carbocycles. The maximum absolute atomic E-state index is 12.5. The Morgan fingerprint density at radius 1 is 1.00 bits per heavy atom. The van der Waals surface area contributed by atoms with Gasteiger partial charge in [-0.3, -0.25) is 4.72 Å². The van der Waals surface area contributed by atoms with E-state index in [-0.39, 0.29) is 16.8 Å². The fourth-order valence-corrected chi connectivity index (χ4v) is 3.70. The zero-order valence-electron chi connectivity index (χ0n) is 16.0. The van der Waals surface area contributed by atoms with Crippen molar-refractivity contribution in [1.29, 1.82) is 0 Å². The Kier molecular flexibility index (Phi) is 5.84. The van der Waals surface area contributed by atoms with Crippen LogP contribution in [0.5, 0.6) is 5.75 Å². The van der Waals surface area contributed by atoms with Crippen molar-refractivity contribution < 1.29 is 13.2 Å². The van der Waals surface area contributed by atoms with Gasteiger partial charge in [0.15, 0.2) is 0 Å². The molecule has 0 fully saturated rings. The largest absolute Gasteiger partial charge is 0.489 e. The number of aromatic nitrogens is 1. The zero-order chi connectivity index (χ0) is 20.1. The van der Waals surface area contributed by atoms with E-state index in [0.29, 0.717) is 0 Å². The lowest BCUT2D eigenvalue weighted by Gasteiger charge is -2.15. The van der Waals surface area contributed by atoms with Gasteiger partial charge in [0.2, 0.25) is 0 Å². The number of anilines is 3. The zero-order valence-corrected chi connectivity index (χ0v) is 16.8. The number of ether oxygens (including phenoxy) is 1. The third-order valence-corrected chi connectivity index (χ3v) is 5.18. The molecule has 6 nitrogen and oxygen atoms in total. The molecule has 7 heteroatoms. The molecule has 146 valence electrons. The van der Waals surface area contributed by atoms with Gasteiger partial charge in [0.1, 0.15) is 11.6 Å². The molecule has 3 aromatic rings. The SMILES string of the molecule is Cc1cccc(S(=O)(=O)Nc2ccc(Nc3ccccc3OC(C)C)cn2)c1. The smallest absolute Gasteiger partial charge is 0.263 e. The molecule has 2 aromatic carbocycles. The lowest BCUT2D eigenvalue weighted by atomic mass is 10.2. The van der Waals surface area contributed by atoms with E-state index in [1.165, 1.54) is 0 Å². The molecule has 1 heterocycles. The summed E-state index contributed by atoms with van der Waals surface area (Å²) in [6.45, 7) is 5.78. The van der Waals surface area contributed by atoms with E-state index in [1.807, 2.05) is 51.1 Å². The van der Waals surface area contributed by atoms with E-state index in [0.717, 1.165) is 22.7 Å². The van der Waals surface area contributed by atoms with Gasteiger partial charge in [-0.25, -0.2) is 13.4 Å². The summed E-state index contributed by atoms with van der Waals surface area (Å²) in [4.78, 5) is 4.41. The predicted molar refractivity (Wildman–Crippen MR) is 112 cm³/mol. The van der Waals surface area contributed by atoms with Crippen LogP contribution in [0.15, 0.2) is 71.8 Å². The molecule has 0 spiro atoms. The Morgan fingerprint density at radius 2 is 1.79 bits per heavy atom. The van der Waals surface area contributed by atoms with Crippen LogP contribution in [0.2, 0.25) is 0 Å². The van der Waals surface area contributed by atoms with Crippen molar-refractivity contribution >= 4 is 27.2 Å². The minimum absolute atomic E-state index is 0.0551. The van der Waals surface area contributed by atoms with Gasteiger partial charge >= 0.3 is 0 Å². The number of pyridine rings is 1. The molecule has 3 rings (SSSR count). The minimum Gasteiger partial charge on any atom is -0.489 e. The number of rotatable bonds is 7. The van der Waals surface area contributed by atoms with Crippen LogP contribution in [0.3, 0.4) is 0 Å². The highest BCUT2D eigenvalue weighted by atomic mass is 32.2. The van der Waals surface area contributed by atoms with Crippen LogP contribution in [0, 0.1) is 6.92 Å². The number of nitrogens with one attached hydrogen (secondary N) is 2. The van der Waals surface area contributed by atoms with Crippen molar-refractivity contribution in [3.05, 3.63) is 72.4 Å². The molecular formula is C21H23N3O3S. The summed E-state index contributed by atoms with van der Waals surface area (Å²) in [5, 5.41) is 3.24. The summed E-state index contributed by atoms with van der Waals surface area (Å²) in [7, 11) is -3.68. The molecule has 0 atom stereocenters. The fraction of sp³-hybridized carbons (Fsp3) is 0.190. The Bertz CT molecular complexity index is 1050. The summed E-state index contributed by atoms with van der Waals surface area (Å²) >= 11 is 0. The van der Waals surface area contributed by atoms with Gasteiger partial charge in [-0.1, -0.05) is 24.3 Å². The highest BCUT2D eigenvalue weighted by Crippen LogP contribution is 2.28. The van der Waals surface area contributed by atoms with Gasteiger partial charge in [-0.05, 0) is 62.7 Å². The van der Waals surface area contributed by atoms with Crippen molar-refractivity contribution in [2.45, 2.75) is 31.8 Å². The van der Waals surface area contributed by atoms with Gasteiger partial charge in [-0.2, -0.15) is 0 Å². The second-order valence-corrected chi connectivity index (χ2v) is 8.32. The van der Waals surface area contributed by atoms with Crippen LogP contribution in [0.4, 0.5) is 17.2 Å². The molecule has 0 saturated carbocycles. The molecule has 0 amide bonds.